The molecule has 0 aromatic heterocycles. The number of carboxylic acids is 1. The maximum Gasteiger partial charge on any atom is 0.342 e. The second-order valence-electron chi connectivity index (χ2n) is 5.85. The molecular weight excluding hydrogens is 344 g/mol. The molecule has 0 atom stereocenters. The molecule has 3 rings (SSSR count). The summed E-state index contributed by atoms with van der Waals surface area (Å²) >= 11 is 0. The maximum atomic E-state index is 12.5. The fraction of sp³-hybridized carbons (Fsp3) is 0.0909. The SMILES string of the molecule is O=C(O)c1ccc(OCc2ccccc2)c(C(=O)OCc2ccccc2)c1. The predicted molar refractivity (Wildman–Crippen MR) is 99.7 cm³/mol. The first-order valence-corrected chi connectivity index (χ1v) is 8.38. The highest BCUT2D eigenvalue weighted by atomic mass is 16.5. The Labute approximate surface area is 156 Å². The molecule has 27 heavy (non-hydrogen) atoms. The summed E-state index contributed by atoms with van der Waals surface area (Å²) in [5.74, 6) is -1.48. The molecule has 0 amide bonds. The van der Waals surface area contributed by atoms with E-state index >= 15 is 0 Å². The highest BCUT2D eigenvalue weighted by molar-refractivity contribution is 5.96. The zero-order chi connectivity index (χ0) is 19.1. The van der Waals surface area contributed by atoms with E-state index in [1.54, 1.807) is 0 Å². The lowest BCUT2D eigenvalue weighted by molar-refractivity contribution is 0.0467. The van der Waals surface area contributed by atoms with Crippen LogP contribution < -0.4 is 4.74 Å². The molecule has 0 bridgehead atoms. The lowest BCUT2D eigenvalue weighted by atomic mass is 10.1. The van der Waals surface area contributed by atoms with Gasteiger partial charge in [0.05, 0.1) is 5.56 Å². The number of hydrogen-bond donors (Lipinski definition) is 1. The summed E-state index contributed by atoms with van der Waals surface area (Å²) in [5.41, 5.74) is 1.85. The second kappa shape index (κ2) is 8.67. The largest absolute Gasteiger partial charge is 0.488 e. The molecule has 3 aromatic rings. The van der Waals surface area contributed by atoms with Gasteiger partial charge in [0.2, 0.25) is 0 Å². The second-order valence-corrected chi connectivity index (χ2v) is 5.85. The van der Waals surface area contributed by atoms with Crippen molar-refractivity contribution in [2.24, 2.45) is 0 Å². The topological polar surface area (TPSA) is 72.8 Å². The quantitative estimate of drug-likeness (QED) is 0.634. The molecule has 5 heteroatoms. The molecule has 0 aliphatic rings. The van der Waals surface area contributed by atoms with Crippen LogP contribution in [-0.4, -0.2) is 17.0 Å². The molecule has 0 spiro atoms. The van der Waals surface area contributed by atoms with Crippen LogP contribution in [0.2, 0.25) is 0 Å². The minimum Gasteiger partial charge on any atom is -0.488 e. The summed E-state index contributed by atoms with van der Waals surface area (Å²) in [5, 5.41) is 9.20. The summed E-state index contributed by atoms with van der Waals surface area (Å²) in [4.78, 5) is 23.8. The fourth-order valence-corrected chi connectivity index (χ4v) is 2.48. The highest BCUT2D eigenvalue weighted by Gasteiger charge is 2.18. The van der Waals surface area contributed by atoms with Crippen molar-refractivity contribution in [3.63, 3.8) is 0 Å². The summed E-state index contributed by atoms with van der Waals surface area (Å²) in [6.07, 6.45) is 0. The van der Waals surface area contributed by atoms with Crippen LogP contribution in [0.1, 0.15) is 31.8 Å². The van der Waals surface area contributed by atoms with Crippen LogP contribution in [0.25, 0.3) is 0 Å². The third-order valence-corrected chi connectivity index (χ3v) is 3.90. The molecule has 0 heterocycles. The average molecular weight is 362 g/mol. The Morgan fingerprint density at radius 3 is 1.96 bits per heavy atom. The molecule has 0 aliphatic heterocycles. The van der Waals surface area contributed by atoms with E-state index in [1.807, 2.05) is 60.7 Å². The first kappa shape index (κ1) is 18.2. The Hall–Kier alpha value is -3.60. The number of carbonyl (C=O) groups excluding carboxylic acids is 1. The van der Waals surface area contributed by atoms with Gasteiger partial charge < -0.3 is 14.6 Å². The van der Waals surface area contributed by atoms with Gasteiger partial charge in [-0.3, -0.25) is 0 Å². The van der Waals surface area contributed by atoms with Crippen LogP contribution in [0.5, 0.6) is 5.75 Å². The minimum absolute atomic E-state index is 0.00581. The molecule has 0 fully saturated rings. The highest BCUT2D eigenvalue weighted by Crippen LogP contribution is 2.23. The summed E-state index contributed by atoms with van der Waals surface area (Å²) in [6, 6.07) is 22.9. The van der Waals surface area contributed by atoms with Crippen molar-refractivity contribution in [2.75, 3.05) is 0 Å². The maximum absolute atomic E-state index is 12.5. The predicted octanol–water partition coefficient (Wildman–Crippen LogP) is 4.32. The number of esters is 1. The van der Waals surface area contributed by atoms with E-state index in [1.165, 1.54) is 18.2 Å². The van der Waals surface area contributed by atoms with Crippen LogP contribution >= 0.6 is 0 Å². The van der Waals surface area contributed by atoms with Gasteiger partial charge in [0.25, 0.3) is 0 Å². The van der Waals surface area contributed by atoms with Crippen molar-refractivity contribution in [1.29, 1.82) is 0 Å². The van der Waals surface area contributed by atoms with E-state index < -0.39 is 11.9 Å². The first-order valence-electron chi connectivity index (χ1n) is 8.38. The lowest BCUT2D eigenvalue weighted by Gasteiger charge is -2.12. The number of carbonyl (C=O) groups is 2. The molecule has 3 aromatic carbocycles. The molecule has 1 N–H and O–H groups in total. The normalized spacial score (nSPS) is 10.2. The third kappa shape index (κ3) is 4.95. The van der Waals surface area contributed by atoms with Gasteiger partial charge in [-0.05, 0) is 29.3 Å². The number of aromatic carboxylic acids is 1. The third-order valence-electron chi connectivity index (χ3n) is 3.90. The Balaban J connectivity index is 1.78. The van der Waals surface area contributed by atoms with E-state index in [4.69, 9.17) is 9.47 Å². The fourth-order valence-electron chi connectivity index (χ4n) is 2.48. The molecule has 0 unspecified atom stereocenters. The summed E-state index contributed by atoms with van der Waals surface area (Å²) in [6.45, 7) is 0.349. The van der Waals surface area contributed by atoms with Gasteiger partial charge in [-0.25, -0.2) is 9.59 Å². The van der Waals surface area contributed by atoms with Crippen LogP contribution in [-0.2, 0) is 18.0 Å². The first-order chi connectivity index (χ1) is 13.1. The molecule has 0 saturated carbocycles. The number of rotatable bonds is 7. The van der Waals surface area contributed by atoms with E-state index in [0.29, 0.717) is 0 Å². The van der Waals surface area contributed by atoms with Crippen molar-refractivity contribution in [1.82, 2.24) is 0 Å². The molecule has 0 saturated heterocycles. The van der Waals surface area contributed by atoms with Gasteiger partial charge >= 0.3 is 11.9 Å². The number of ether oxygens (including phenoxy) is 2. The van der Waals surface area contributed by atoms with Crippen molar-refractivity contribution in [3.05, 3.63) is 101 Å². The van der Waals surface area contributed by atoms with Gasteiger partial charge in [-0.15, -0.1) is 0 Å². The van der Waals surface area contributed by atoms with Gasteiger partial charge in [0.1, 0.15) is 24.5 Å². The monoisotopic (exact) mass is 362 g/mol. The van der Waals surface area contributed by atoms with E-state index in [-0.39, 0.29) is 30.1 Å². The van der Waals surface area contributed by atoms with E-state index in [0.717, 1.165) is 11.1 Å². The Bertz CT molecular complexity index is 920. The molecular formula is C22H18O5. The number of benzene rings is 3. The van der Waals surface area contributed by atoms with Crippen molar-refractivity contribution < 1.29 is 24.2 Å². The van der Waals surface area contributed by atoms with Gasteiger partial charge in [-0.2, -0.15) is 0 Å². The molecule has 0 radical (unpaired) electrons. The Morgan fingerprint density at radius 2 is 1.37 bits per heavy atom. The van der Waals surface area contributed by atoms with Crippen LogP contribution in [0.4, 0.5) is 0 Å². The molecule has 5 nitrogen and oxygen atoms in total. The standard InChI is InChI=1S/C22H18O5/c23-21(24)18-11-12-20(26-14-16-7-3-1-4-8-16)19(13-18)22(25)27-15-17-9-5-2-6-10-17/h1-13H,14-15H2,(H,23,24). The van der Waals surface area contributed by atoms with E-state index in [2.05, 4.69) is 0 Å². The minimum atomic E-state index is -1.12. The van der Waals surface area contributed by atoms with Crippen LogP contribution in [0, 0.1) is 0 Å². The smallest absolute Gasteiger partial charge is 0.342 e. The van der Waals surface area contributed by atoms with Crippen molar-refractivity contribution >= 4 is 11.9 Å². The van der Waals surface area contributed by atoms with E-state index in [9.17, 15) is 14.7 Å². The molecule has 136 valence electrons. The van der Waals surface area contributed by atoms with Gasteiger partial charge in [0.15, 0.2) is 0 Å². The number of hydrogen-bond acceptors (Lipinski definition) is 4. The summed E-state index contributed by atoms with van der Waals surface area (Å²) in [7, 11) is 0. The number of carboxylic acid groups (broad SMARTS) is 1. The van der Waals surface area contributed by atoms with Crippen LogP contribution in [0.15, 0.2) is 78.9 Å². The zero-order valence-electron chi connectivity index (χ0n) is 14.5. The van der Waals surface area contributed by atoms with Gasteiger partial charge in [0, 0.05) is 0 Å². The average Bonchev–Trinajstić information content (AvgIpc) is 2.72. The molecule has 0 aliphatic carbocycles. The Kier molecular flexibility index (Phi) is 5.84. The van der Waals surface area contributed by atoms with Gasteiger partial charge in [-0.1, -0.05) is 60.7 Å². The van der Waals surface area contributed by atoms with Crippen molar-refractivity contribution in [3.8, 4) is 5.75 Å². The Morgan fingerprint density at radius 1 is 0.778 bits per heavy atom. The lowest BCUT2D eigenvalue weighted by Crippen LogP contribution is -2.10. The summed E-state index contributed by atoms with van der Waals surface area (Å²) < 4.78 is 11.1. The van der Waals surface area contributed by atoms with Crippen molar-refractivity contribution in [2.45, 2.75) is 13.2 Å². The zero-order valence-corrected chi connectivity index (χ0v) is 14.5. The van der Waals surface area contributed by atoms with Crippen LogP contribution in [0.3, 0.4) is 0 Å².